The minimum atomic E-state index is -2.74. The molecule has 0 saturated carbocycles. The Morgan fingerprint density at radius 2 is 2.08 bits per heavy atom. The second-order valence-electron chi connectivity index (χ2n) is 6.07. The summed E-state index contributed by atoms with van der Waals surface area (Å²) in [5.74, 6) is 0. The number of benzene rings is 1. The largest absolute Gasteiger partial charge is 0.397 e. The van der Waals surface area contributed by atoms with Gasteiger partial charge >= 0.3 is 0 Å². The third-order valence-corrected chi connectivity index (χ3v) is 4.40. The van der Waals surface area contributed by atoms with Crippen LogP contribution in [0.15, 0.2) is 30.7 Å². The van der Waals surface area contributed by atoms with Crippen LogP contribution in [0.5, 0.6) is 0 Å². The van der Waals surface area contributed by atoms with Crippen LogP contribution in [0.4, 0.5) is 20.2 Å². The molecule has 26 heavy (non-hydrogen) atoms. The van der Waals surface area contributed by atoms with Gasteiger partial charge in [-0.3, -0.25) is 4.98 Å². The molecule has 0 saturated heterocycles. The topological polar surface area (TPSA) is 68.4 Å². The Morgan fingerprint density at radius 3 is 2.73 bits per heavy atom. The lowest BCUT2D eigenvalue weighted by Gasteiger charge is -2.10. The standard InChI is InChI=1S/C19H18F2N4O/c1-11-6-17-12(7-16(11)23-2)14(10-25(17)4-3-5-26)13-8-24-9-15(22)18(13)19(20)21/h6-10,19,26H,3-5,22H2,1H3. The van der Waals surface area contributed by atoms with Crippen molar-refractivity contribution in [3.63, 3.8) is 0 Å². The number of aromatic nitrogens is 2. The zero-order valence-corrected chi connectivity index (χ0v) is 14.2. The molecule has 0 atom stereocenters. The van der Waals surface area contributed by atoms with Crippen LogP contribution in [0.3, 0.4) is 0 Å². The molecule has 1 aromatic carbocycles. The van der Waals surface area contributed by atoms with E-state index in [1.54, 1.807) is 12.3 Å². The van der Waals surface area contributed by atoms with Crippen molar-refractivity contribution in [1.29, 1.82) is 0 Å². The SMILES string of the molecule is [C-]#[N+]c1cc2c(-c3cncc(N)c3C(F)F)cn(CCCO)c2cc1C. The summed E-state index contributed by atoms with van der Waals surface area (Å²) in [5.41, 5.74) is 8.32. The fourth-order valence-corrected chi connectivity index (χ4v) is 3.14. The number of halogens is 2. The number of nitrogen functional groups attached to an aromatic ring is 1. The Morgan fingerprint density at radius 1 is 1.31 bits per heavy atom. The quantitative estimate of drug-likeness (QED) is 0.663. The van der Waals surface area contributed by atoms with E-state index in [-0.39, 0.29) is 23.4 Å². The summed E-state index contributed by atoms with van der Waals surface area (Å²) in [6.07, 6.45) is 2.14. The van der Waals surface area contributed by atoms with Gasteiger partial charge in [0.15, 0.2) is 5.69 Å². The lowest BCUT2D eigenvalue weighted by atomic mass is 9.99. The lowest BCUT2D eigenvalue weighted by Crippen LogP contribution is -1.99. The zero-order chi connectivity index (χ0) is 18.8. The monoisotopic (exact) mass is 356 g/mol. The molecule has 0 aliphatic heterocycles. The van der Waals surface area contributed by atoms with Crippen LogP contribution < -0.4 is 5.73 Å². The number of nitrogens with zero attached hydrogens (tertiary/aromatic N) is 3. The molecule has 0 bridgehead atoms. The van der Waals surface area contributed by atoms with Gasteiger partial charge < -0.3 is 15.4 Å². The van der Waals surface area contributed by atoms with Gasteiger partial charge in [0.1, 0.15) is 0 Å². The molecule has 0 unspecified atom stereocenters. The highest BCUT2D eigenvalue weighted by molar-refractivity contribution is 5.99. The molecule has 3 aromatic rings. The van der Waals surface area contributed by atoms with Gasteiger partial charge in [0.2, 0.25) is 0 Å². The first-order valence-electron chi connectivity index (χ1n) is 8.11. The highest BCUT2D eigenvalue weighted by Crippen LogP contribution is 2.40. The molecule has 0 amide bonds. The Bertz CT molecular complexity index is 1000. The molecule has 0 fully saturated rings. The summed E-state index contributed by atoms with van der Waals surface area (Å²) in [5, 5.41) is 9.82. The smallest absolute Gasteiger partial charge is 0.266 e. The van der Waals surface area contributed by atoms with E-state index in [1.807, 2.05) is 17.6 Å². The fraction of sp³-hybridized carbons (Fsp3) is 0.263. The number of hydrogen-bond donors (Lipinski definition) is 2. The second kappa shape index (κ2) is 7.10. The van der Waals surface area contributed by atoms with Crippen LogP contribution in [0.2, 0.25) is 0 Å². The van der Waals surface area contributed by atoms with Gasteiger partial charge in [-0.1, -0.05) is 0 Å². The third-order valence-electron chi connectivity index (χ3n) is 4.40. The van der Waals surface area contributed by atoms with Crippen molar-refractivity contribution < 1.29 is 13.9 Å². The predicted octanol–water partition coefficient (Wildman–Crippen LogP) is 4.46. The number of nitrogens with two attached hydrogens (primary N) is 1. The molecular weight excluding hydrogens is 338 g/mol. The minimum Gasteiger partial charge on any atom is -0.397 e. The number of pyridine rings is 1. The van der Waals surface area contributed by atoms with Gasteiger partial charge in [-0.05, 0) is 36.4 Å². The summed E-state index contributed by atoms with van der Waals surface area (Å²) in [6.45, 7) is 9.72. The Labute approximate surface area is 149 Å². The number of aliphatic hydroxyl groups is 1. The number of alkyl halides is 2. The maximum atomic E-state index is 13.6. The van der Waals surface area contributed by atoms with Crippen molar-refractivity contribution >= 4 is 22.3 Å². The fourth-order valence-electron chi connectivity index (χ4n) is 3.14. The Hall–Kier alpha value is -2.98. The maximum absolute atomic E-state index is 13.6. The highest BCUT2D eigenvalue weighted by atomic mass is 19.3. The predicted molar refractivity (Wildman–Crippen MR) is 97.2 cm³/mol. The number of hydrogen-bond acceptors (Lipinski definition) is 3. The summed E-state index contributed by atoms with van der Waals surface area (Å²) in [6, 6.07) is 3.58. The van der Waals surface area contributed by atoms with Crippen molar-refractivity contribution in [2.24, 2.45) is 0 Å². The van der Waals surface area contributed by atoms with E-state index in [0.29, 0.717) is 29.6 Å². The summed E-state index contributed by atoms with van der Waals surface area (Å²) >= 11 is 0. The molecule has 7 heteroatoms. The van der Waals surface area contributed by atoms with E-state index in [2.05, 4.69) is 9.83 Å². The van der Waals surface area contributed by atoms with Crippen LogP contribution in [-0.4, -0.2) is 21.3 Å². The third kappa shape index (κ3) is 3.00. The Balaban J connectivity index is 2.33. The van der Waals surface area contributed by atoms with E-state index >= 15 is 0 Å². The minimum absolute atomic E-state index is 0.0241. The average molecular weight is 356 g/mol. The molecule has 0 aliphatic carbocycles. The summed E-state index contributed by atoms with van der Waals surface area (Å²) < 4.78 is 29.1. The van der Waals surface area contributed by atoms with Crippen molar-refractivity contribution in [2.45, 2.75) is 26.3 Å². The van der Waals surface area contributed by atoms with Crippen LogP contribution in [-0.2, 0) is 6.54 Å². The van der Waals surface area contributed by atoms with Gasteiger partial charge in [-0.15, -0.1) is 0 Å². The van der Waals surface area contributed by atoms with E-state index in [4.69, 9.17) is 17.4 Å². The van der Waals surface area contributed by atoms with E-state index < -0.39 is 6.43 Å². The normalized spacial score (nSPS) is 11.2. The average Bonchev–Trinajstić information content (AvgIpc) is 2.95. The number of rotatable bonds is 5. The van der Waals surface area contributed by atoms with Crippen molar-refractivity contribution in [2.75, 3.05) is 12.3 Å². The van der Waals surface area contributed by atoms with Gasteiger partial charge in [-0.25, -0.2) is 13.6 Å². The van der Waals surface area contributed by atoms with Gasteiger partial charge in [0.05, 0.1) is 24.0 Å². The maximum Gasteiger partial charge on any atom is 0.266 e. The van der Waals surface area contributed by atoms with Crippen LogP contribution in [0, 0.1) is 13.5 Å². The summed E-state index contributed by atoms with van der Waals surface area (Å²) in [4.78, 5) is 7.49. The molecule has 0 spiro atoms. The lowest BCUT2D eigenvalue weighted by molar-refractivity contribution is 0.153. The van der Waals surface area contributed by atoms with E-state index in [0.717, 1.165) is 11.1 Å². The Kier molecular flexibility index (Phi) is 4.87. The molecule has 5 nitrogen and oxygen atoms in total. The first-order valence-corrected chi connectivity index (χ1v) is 8.11. The van der Waals surface area contributed by atoms with Crippen molar-refractivity contribution in [3.8, 4) is 11.1 Å². The van der Waals surface area contributed by atoms with Crippen molar-refractivity contribution in [1.82, 2.24) is 9.55 Å². The van der Waals surface area contributed by atoms with Crippen LogP contribution in [0.1, 0.15) is 24.0 Å². The van der Waals surface area contributed by atoms with Gasteiger partial charge in [-0.2, -0.15) is 0 Å². The first kappa shape index (κ1) is 17.8. The van der Waals surface area contributed by atoms with Crippen LogP contribution in [0.25, 0.3) is 26.9 Å². The van der Waals surface area contributed by atoms with Crippen LogP contribution >= 0.6 is 0 Å². The van der Waals surface area contributed by atoms with E-state index in [9.17, 15) is 8.78 Å². The summed E-state index contributed by atoms with van der Waals surface area (Å²) in [7, 11) is 0. The molecule has 134 valence electrons. The number of fused-ring (bicyclic) bond motifs is 1. The molecule has 0 aliphatic rings. The number of anilines is 1. The van der Waals surface area contributed by atoms with Gasteiger partial charge in [0, 0.05) is 42.2 Å². The number of aryl methyl sites for hydroxylation is 2. The van der Waals surface area contributed by atoms with E-state index in [1.165, 1.54) is 12.4 Å². The second-order valence-corrected chi connectivity index (χ2v) is 6.07. The first-order chi connectivity index (χ1) is 12.5. The molecule has 2 aromatic heterocycles. The van der Waals surface area contributed by atoms with Crippen molar-refractivity contribution in [3.05, 3.63) is 53.3 Å². The highest BCUT2D eigenvalue weighted by Gasteiger charge is 2.21. The molecule has 3 N–H and O–H groups in total. The number of aliphatic hydroxyl groups excluding tert-OH is 1. The molecular formula is C19H18F2N4O. The zero-order valence-electron chi connectivity index (χ0n) is 14.2. The molecule has 3 rings (SSSR count). The van der Waals surface area contributed by atoms with Gasteiger partial charge in [0.25, 0.3) is 6.43 Å². The molecule has 0 radical (unpaired) electrons. The molecule has 2 heterocycles.